The van der Waals surface area contributed by atoms with E-state index in [1.165, 1.54) is 0 Å². The zero-order valence-electron chi connectivity index (χ0n) is 19.3. The highest BCUT2D eigenvalue weighted by Crippen LogP contribution is 2.32. The first-order valence-electron chi connectivity index (χ1n) is 11.1. The molecule has 37 heavy (non-hydrogen) atoms. The minimum absolute atomic E-state index is 0. The van der Waals surface area contributed by atoms with Crippen molar-refractivity contribution >= 4 is 0 Å². The van der Waals surface area contributed by atoms with Crippen LogP contribution < -0.4 is 18.1 Å². The largest absolute Gasteiger partial charge is 1.00 e. The highest BCUT2D eigenvalue weighted by Gasteiger charge is 2.53. The predicted molar refractivity (Wildman–Crippen MR) is 109 cm³/mol. The van der Waals surface area contributed by atoms with Crippen LogP contribution in [0.4, 0.5) is 0 Å². The standard InChI is InChI=1S/C18H32N4O14.ClH/c19-7-10(28)8(26)4(1-23)33-17(7)36-15-9(27)5(2-24)34-18(13(15)31)35-14-6(3-25)32-16(21-22-20)12(30)11(14)29;/h4-18,23-31H,1-3,19H2;1H/t4-,5-,6-,7-,8-,9+,10-,11-,12-,13-,14-,15+,16-,17+,18+;/m1./s1. The van der Waals surface area contributed by atoms with E-state index in [9.17, 15) is 46.0 Å². The maximum atomic E-state index is 10.9. The van der Waals surface area contributed by atoms with Crippen LogP contribution in [0, 0.1) is 0 Å². The molecule has 3 saturated heterocycles. The van der Waals surface area contributed by atoms with Gasteiger partial charge >= 0.3 is 0 Å². The van der Waals surface area contributed by atoms with Crippen LogP contribution in [0.15, 0.2) is 5.11 Å². The number of hydrogen-bond acceptors (Lipinski definition) is 15. The summed E-state index contributed by atoms with van der Waals surface area (Å²) >= 11 is 0. The zero-order valence-corrected chi connectivity index (χ0v) is 20.0. The second-order valence-electron chi connectivity index (χ2n) is 8.71. The van der Waals surface area contributed by atoms with E-state index in [1.807, 2.05) is 0 Å². The van der Waals surface area contributed by atoms with Crippen molar-refractivity contribution in [3.05, 3.63) is 10.4 Å². The number of ether oxygens (including phenoxy) is 5. The highest BCUT2D eigenvalue weighted by atomic mass is 35.5. The van der Waals surface area contributed by atoms with Crippen LogP contribution in [0.2, 0.25) is 0 Å². The first kappa shape index (κ1) is 32.2. The maximum absolute atomic E-state index is 10.9. The molecule has 3 aliphatic heterocycles. The zero-order chi connectivity index (χ0) is 26.7. The molecule has 0 bridgehead atoms. The minimum atomic E-state index is -1.84. The first-order chi connectivity index (χ1) is 17.1. The van der Waals surface area contributed by atoms with Crippen LogP contribution >= 0.6 is 0 Å². The SMILES string of the molecule is [Cl-].[N-]=[N+]=N[C@@H]1O[C@H](CO)[C@@H](O[C@@H]2O[C@H](CO)[C@H](O)[C@H](O[C@@H]3O[C@H](CO)[C@@H](O)[C@H](O)[C@H]3[NH3+])[C@H]2O)[C@H](O)[C@H]1O. The number of azide groups is 1. The molecule has 3 rings (SSSR count). The Hall–Kier alpha value is -1.00. The van der Waals surface area contributed by atoms with Crippen LogP contribution in [-0.2, 0) is 23.7 Å². The Morgan fingerprint density at radius 3 is 1.78 bits per heavy atom. The molecule has 12 N–H and O–H groups in total. The third-order valence-corrected chi connectivity index (χ3v) is 6.42. The van der Waals surface area contributed by atoms with Gasteiger partial charge in [-0.1, -0.05) is 5.11 Å². The second-order valence-corrected chi connectivity index (χ2v) is 8.71. The van der Waals surface area contributed by atoms with Crippen molar-refractivity contribution in [3.8, 4) is 0 Å². The van der Waals surface area contributed by atoms with Crippen molar-refractivity contribution in [2.24, 2.45) is 5.11 Å². The number of quaternary nitrogens is 1. The van der Waals surface area contributed by atoms with Gasteiger partial charge in [-0.05, 0) is 5.53 Å². The summed E-state index contributed by atoms with van der Waals surface area (Å²) in [5, 5.41) is 94.2. The number of halogens is 1. The van der Waals surface area contributed by atoms with Gasteiger partial charge in [-0.2, -0.15) is 0 Å². The third kappa shape index (κ3) is 6.60. The summed E-state index contributed by atoms with van der Waals surface area (Å²) in [6.07, 6.45) is -21.9. The minimum Gasteiger partial charge on any atom is -1.00 e. The third-order valence-electron chi connectivity index (χ3n) is 6.42. The molecule has 3 aliphatic rings. The van der Waals surface area contributed by atoms with Crippen LogP contribution in [0.25, 0.3) is 10.4 Å². The van der Waals surface area contributed by atoms with Gasteiger partial charge < -0.3 is 87.8 Å². The van der Waals surface area contributed by atoms with Gasteiger partial charge in [0.25, 0.3) is 0 Å². The topological polar surface area (TPSA) is 305 Å². The molecule has 0 aromatic carbocycles. The smallest absolute Gasteiger partial charge is 0.214 e. The molecule has 0 amide bonds. The molecule has 15 atom stereocenters. The van der Waals surface area contributed by atoms with Crippen molar-refractivity contribution in [3.63, 3.8) is 0 Å². The van der Waals surface area contributed by atoms with Gasteiger partial charge in [0, 0.05) is 4.91 Å². The first-order valence-corrected chi connectivity index (χ1v) is 11.1. The summed E-state index contributed by atoms with van der Waals surface area (Å²) in [4.78, 5) is 2.49. The molecule has 0 aliphatic carbocycles. The van der Waals surface area contributed by atoms with E-state index >= 15 is 0 Å². The molecular weight excluding hydrogens is 532 g/mol. The highest BCUT2D eigenvalue weighted by molar-refractivity contribution is 4.97. The van der Waals surface area contributed by atoms with E-state index in [-0.39, 0.29) is 12.4 Å². The number of aliphatic hydroxyl groups is 9. The summed E-state index contributed by atoms with van der Waals surface area (Å²) in [5.74, 6) is 0. The Labute approximate surface area is 215 Å². The van der Waals surface area contributed by atoms with Crippen molar-refractivity contribution in [2.75, 3.05) is 19.8 Å². The Morgan fingerprint density at radius 2 is 1.22 bits per heavy atom. The van der Waals surface area contributed by atoms with E-state index < -0.39 is 112 Å². The van der Waals surface area contributed by atoms with Gasteiger partial charge in [0.15, 0.2) is 18.6 Å². The van der Waals surface area contributed by atoms with Gasteiger partial charge in [-0.25, -0.2) is 0 Å². The van der Waals surface area contributed by atoms with Crippen LogP contribution in [0.5, 0.6) is 0 Å². The summed E-state index contributed by atoms with van der Waals surface area (Å²) in [6.45, 7) is -2.22. The van der Waals surface area contributed by atoms with Crippen molar-refractivity contribution in [1.82, 2.24) is 0 Å². The van der Waals surface area contributed by atoms with Crippen LogP contribution in [-0.4, -0.2) is 158 Å². The fraction of sp³-hybridized carbons (Fsp3) is 1.00. The predicted octanol–water partition coefficient (Wildman–Crippen LogP) is -10.0. The van der Waals surface area contributed by atoms with Gasteiger partial charge in [0.2, 0.25) is 6.29 Å². The fourth-order valence-corrected chi connectivity index (χ4v) is 4.29. The van der Waals surface area contributed by atoms with Gasteiger partial charge in [-0.3, -0.25) is 0 Å². The number of rotatable bonds is 8. The van der Waals surface area contributed by atoms with Gasteiger partial charge in [0.1, 0.15) is 67.1 Å². The molecule has 0 spiro atoms. The fourth-order valence-electron chi connectivity index (χ4n) is 4.29. The van der Waals surface area contributed by atoms with Crippen LogP contribution in [0.3, 0.4) is 0 Å². The average Bonchev–Trinajstić information content (AvgIpc) is 2.87. The summed E-state index contributed by atoms with van der Waals surface area (Å²) in [7, 11) is 0. The number of aliphatic hydroxyl groups excluding tert-OH is 9. The Balaban J connectivity index is 0.00000481. The van der Waals surface area contributed by atoms with E-state index in [0.29, 0.717) is 0 Å². The molecule has 19 heteroatoms. The van der Waals surface area contributed by atoms with Crippen molar-refractivity contribution in [1.29, 1.82) is 0 Å². The lowest BCUT2D eigenvalue weighted by molar-refractivity contribution is -0.507. The van der Waals surface area contributed by atoms with E-state index in [4.69, 9.17) is 29.2 Å². The average molecular weight is 565 g/mol. The number of hydrogen-bond donors (Lipinski definition) is 10. The lowest BCUT2D eigenvalue weighted by Crippen LogP contribution is -3.00. The molecule has 0 aromatic rings. The molecule has 0 unspecified atom stereocenters. The van der Waals surface area contributed by atoms with E-state index in [1.54, 1.807) is 0 Å². The molecule has 18 nitrogen and oxygen atoms in total. The second kappa shape index (κ2) is 13.9. The molecule has 3 heterocycles. The van der Waals surface area contributed by atoms with Gasteiger partial charge in [0.05, 0.1) is 19.8 Å². The molecule has 216 valence electrons. The Bertz CT molecular complexity index is 766. The quantitative estimate of drug-likeness (QED) is 0.0743. The maximum Gasteiger partial charge on any atom is 0.214 e. The van der Waals surface area contributed by atoms with Crippen molar-refractivity contribution < 1.29 is 87.8 Å². The number of nitrogens with zero attached hydrogens (tertiary/aromatic N) is 3. The molecule has 0 radical (unpaired) electrons. The lowest BCUT2D eigenvalue weighted by atomic mass is 9.95. The Kier molecular flexibility index (Phi) is 12.1. The van der Waals surface area contributed by atoms with Crippen molar-refractivity contribution in [2.45, 2.75) is 92.0 Å². The normalized spacial score (nSPS) is 48.5. The summed E-state index contributed by atoms with van der Waals surface area (Å²) < 4.78 is 27.3. The monoisotopic (exact) mass is 564 g/mol. The summed E-state index contributed by atoms with van der Waals surface area (Å²) in [6, 6.07) is -1.13. The van der Waals surface area contributed by atoms with E-state index in [0.717, 1.165) is 0 Å². The molecule has 3 fully saturated rings. The summed E-state index contributed by atoms with van der Waals surface area (Å²) in [5.41, 5.74) is 12.2. The Morgan fingerprint density at radius 1 is 0.676 bits per heavy atom. The lowest BCUT2D eigenvalue weighted by Gasteiger charge is -2.47. The molecular formula is C18H33ClN4O14. The molecule has 0 saturated carbocycles. The molecule has 0 aromatic heterocycles. The van der Waals surface area contributed by atoms with Gasteiger partial charge in [-0.15, -0.1) is 0 Å². The van der Waals surface area contributed by atoms with Crippen LogP contribution in [0.1, 0.15) is 0 Å². The van der Waals surface area contributed by atoms with E-state index in [2.05, 4.69) is 15.8 Å².